The fourth-order valence-electron chi connectivity index (χ4n) is 2.43. The van der Waals surface area contributed by atoms with Crippen molar-refractivity contribution in [2.45, 2.75) is 37.9 Å². The van der Waals surface area contributed by atoms with Crippen LogP contribution in [0.2, 0.25) is 0 Å². The van der Waals surface area contributed by atoms with Crippen LogP contribution in [0.5, 0.6) is 0 Å². The van der Waals surface area contributed by atoms with Crippen molar-refractivity contribution in [1.82, 2.24) is 4.90 Å². The summed E-state index contributed by atoms with van der Waals surface area (Å²) in [5, 5.41) is 0. The summed E-state index contributed by atoms with van der Waals surface area (Å²) < 4.78 is 10.4. The summed E-state index contributed by atoms with van der Waals surface area (Å²) in [4.78, 5) is 13.3. The SMILES string of the molecule is COC(=O)CCCN1CC2CCC(C1)O2. The van der Waals surface area contributed by atoms with Gasteiger partial charge < -0.3 is 9.47 Å². The number of methoxy groups -OCH3 is 1. The van der Waals surface area contributed by atoms with E-state index in [0.29, 0.717) is 18.6 Å². The molecule has 0 N–H and O–H groups in total. The van der Waals surface area contributed by atoms with Crippen molar-refractivity contribution in [3.05, 3.63) is 0 Å². The van der Waals surface area contributed by atoms with E-state index >= 15 is 0 Å². The standard InChI is InChI=1S/C11H19NO3/c1-14-11(13)3-2-6-12-7-9-4-5-10(8-12)15-9/h9-10H,2-8H2,1H3. The number of likely N-dealkylation sites (tertiary alicyclic amines) is 1. The number of rotatable bonds is 4. The molecule has 0 spiro atoms. The van der Waals surface area contributed by atoms with Gasteiger partial charge in [0.2, 0.25) is 0 Å². The minimum atomic E-state index is -0.105. The zero-order valence-corrected chi connectivity index (χ0v) is 9.28. The van der Waals surface area contributed by atoms with Crippen LogP contribution in [0.3, 0.4) is 0 Å². The molecular weight excluding hydrogens is 194 g/mol. The van der Waals surface area contributed by atoms with E-state index in [9.17, 15) is 4.79 Å². The van der Waals surface area contributed by atoms with Crippen LogP contribution < -0.4 is 0 Å². The molecule has 4 nitrogen and oxygen atoms in total. The van der Waals surface area contributed by atoms with Crippen molar-refractivity contribution in [3.8, 4) is 0 Å². The third-order valence-electron chi connectivity index (χ3n) is 3.20. The molecule has 2 rings (SSSR count). The maximum absolute atomic E-state index is 10.9. The molecule has 4 heteroatoms. The lowest BCUT2D eigenvalue weighted by Crippen LogP contribution is -2.42. The molecule has 2 aliphatic heterocycles. The topological polar surface area (TPSA) is 38.8 Å². The van der Waals surface area contributed by atoms with Gasteiger partial charge in [-0.25, -0.2) is 0 Å². The number of hydrogen-bond donors (Lipinski definition) is 0. The van der Waals surface area contributed by atoms with Crippen LogP contribution in [0.25, 0.3) is 0 Å². The molecule has 0 aromatic rings. The molecule has 2 atom stereocenters. The number of fused-ring (bicyclic) bond motifs is 2. The van der Waals surface area contributed by atoms with Crippen molar-refractivity contribution in [2.24, 2.45) is 0 Å². The Morgan fingerprint density at radius 1 is 1.40 bits per heavy atom. The van der Waals surface area contributed by atoms with Gasteiger partial charge in [-0.3, -0.25) is 9.69 Å². The predicted octanol–water partition coefficient (Wildman–Crippen LogP) is 0.803. The van der Waals surface area contributed by atoms with E-state index < -0.39 is 0 Å². The zero-order valence-electron chi connectivity index (χ0n) is 9.28. The van der Waals surface area contributed by atoms with Gasteiger partial charge in [0.05, 0.1) is 19.3 Å². The third-order valence-corrected chi connectivity index (χ3v) is 3.20. The summed E-state index contributed by atoms with van der Waals surface area (Å²) in [5.74, 6) is -0.105. The number of carbonyl (C=O) groups excluding carboxylic acids is 1. The number of carbonyl (C=O) groups is 1. The van der Waals surface area contributed by atoms with E-state index in [1.54, 1.807) is 0 Å². The number of hydrogen-bond acceptors (Lipinski definition) is 4. The summed E-state index contributed by atoms with van der Waals surface area (Å²) in [6.07, 6.45) is 4.73. The lowest BCUT2D eigenvalue weighted by atomic mass is 10.2. The molecule has 2 heterocycles. The van der Waals surface area contributed by atoms with Crippen molar-refractivity contribution >= 4 is 5.97 Å². The van der Waals surface area contributed by atoms with E-state index in [1.165, 1.54) is 20.0 Å². The summed E-state index contributed by atoms with van der Waals surface area (Å²) in [5.41, 5.74) is 0. The van der Waals surface area contributed by atoms with Gasteiger partial charge in [0.1, 0.15) is 0 Å². The molecule has 2 bridgehead atoms. The Balaban J connectivity index is 1.65. The number of morpholine rings is 1. The predicted molar refractivity (Wildman–Crippen MR) is 55.6 cm³/mol. The Morgan fingerprint density at radius 3 is 2.67 bits per heavy atom. The molecule has 0 aromatic carbocycles. The van der Waals surface area contributed by atoms with Gasteiger partial charge in [-0.15, -0.1) is 0 Å². The van der Waals surface area contributed by atoms with Crippen LogP contribution in [0, 0.1) is 0 Å². The molecular formula is C11H19NO3. The first-order chi connectivity index (χ1) is 7.28. The van der Waals surface area contributed by atoms with Gasteiger partial charge in [-0.1, -0.05) is 0 Å². The molecule has 86 valence electrons. The Hall–Kier alpha value is -0.610. The summed E-state index contributed by atoms with van der Waals surface area (Å²) in [6, 6.07) is 0. The highest BCUT2D eigenvalue weighted by molar-refractivity contribution is 5.69. The fraction of sp³-hybridized carbons (Fsp3) is 0.909. The average molecular weight is 213 g/mol. The first-order valence-electron chi connectivity index (χ1n) is 5.72. The Bertz CT molecular complexity index is 220. The molecule has 0 radical (unpaired) electrons. The van der Waals surface area contributed by atoms with Gasteiger partial charge in [0.25, 0.3) is 0 Å². The van der Waals surface area contributed by atoms with Crippen LogP contribution in [-0.4, -0.2) is 49.8 Å². The van der Waals surface area contributed by atoms with Crippen LogP contribution in [0.15, 0.2) is 0 Å². The second-order valence-corrected chi connectivity index (χ2v) is 4.40. The second-order valence-electron chi connectivity index (χ2n) is 4.40. The zero-order chi connectivity index (χ0) is 10.7. The Kier molecular flexibility index (Phi) is 3.59. The van der Waals surface area contributed by atoms with Crippen molar-refractivity contribution in [2.75, 3.05) is 26.7 Å². The average Bonchev–Trinajstić information content (AvgIpc) is 2.58. The summed E-state index contributed by atoms with van der Waals surface area (Å²) in [6.45, 7) is 3.07. The summed E-state index contributed by atoms with van der Waals surface area (Å²) >= 11 is 0. The van der Waals surface area contributed by atoms with Gasteiger partial charge >= 0.3 is 5.97 Å². The van der Waals surface area contributed by atoms with Gasteiger partial charge in [0, 0.05) is 19.5 Å². The molecule has 0 aliphatic carbocycles. The number of esters is 1. The molecule has 0 saturated carbocycles. The highest BCUT2D eigenvalue weighted by Gasteiger charge is 2.33. The van der Waals surface area contributed by atoms with E-state index in [0.717, 1.165) is 26.1 Å². The monoisotopic (exact) mass is 213 g/mol. The maximum Gasteiger partial charge on any atom is 0.305 e. The lowest BCUT2D eigenvalue weighted by Gasteiger charge is -2.31. The highest BCUT2D eigenvalue weighted by atomic mass is 16.5. The molecule has 0 amide bonds. The van der Waals surface area contributed by atoms with Gasteiger partial charge in [-0.05, 0) is 25.8 Å². The molecule has 2 fully saturated rings. The Labute approximate surface area is 90.5 Å². The Morgan fingerprint density at radius 2 is 2.07 bits per heavy atom. The lowest BCUT2D eigenvalue weighted by molar-refractivity contribution is -0.140. The first kappa shape index (κ1) is 10.9. The van der Waals surface area contributed by atoms with Crippen molar-refractivity contribution in [1.29, 1.82) is 0 Å². The first-order valence-corrected chi connectivity index (χ1v) is 5.72. The normalized spacial score (nSPS) is 30.5. The fourth-order valence-corrected chi connectivity index (χ4v) is 2.43. The van der Waals surface area contributed by atoms with Crippen molar-refractivity contribution in [3.63, 3.8) is 0 Å². The van der Waals surface area contributed by atoms with E-state index in [-0.39, 0.29) is 5.97 Å². The van der Waals surface area contributed by atoms with Gasteiger partial charge in [-0.2, -0.15) is 0 Å². The third kappa shape index (κ3) is 2.92. The molecule has 2 unspecified atom stereocenters. The van der Waals surface area contributed by atoms with Gasteiger partial charge in [0.15, 0.2) is 0 Å². The van der Waals surface area contributed by atoms with Crippen molar-refractivity contribution < 1.29 is 14.3 Å². The summed E-state index contributed by atoms with van der Waals surface area (Å²) in [7, 11) is 1.44. The minimum Gasteiger partial charge on any atom is -0.469 e. The smallest absolute Gasteiger partial charge is 0.305 e. The number of nitrogens with zero attached hydrogens (tertiary/aromatic N) is 1. The molecule has 2 aliphatic rings. The van der Waals surface area contributed by atoms with E-state index in [4.69, 9.17) is 4.74 Å². The number of ether oxygens (including phenoxy) is 2. The molecule has 15 heavy (non-hydrogen) atoms. The second kappa shape index (κ2) is 4.94. The largest absolute Gasteiger partial charge is 0.469 e. The highest BCUT2D eigenvalue weighted by Crippen LogP contribution is 2.26. The van der Waals surface area contributed by atoms with E-state index in [2.05, 4.69) is 9.64 Å². The minimum absolute atomic E-state index is 0.105. The molecule has 2 saturated heterocycles. The quantitative estimate of drug-likeness (QED) is 0.648. The van der Waals surface area contributed by atoms with Crippen LogP contribution in [-0.2, 0) is 14.3 Å². The van der Waals surface area contributed by atoms with Crippen LogP contribution >= 0.6 is 0 Å². The van der Waals surface area contributed by atoms with Crippen LogP contribution in [0.1, 0.15) is 25.7 Å². The van der Waals surface area contributed by atoms with Crippen LogP contribution in [0.4, 0.5) is 0 Å². The van der Waals surface area contributed by atoms with E-state index in [1.807, 2.05) is 0 Å². The maximum atomic E-state index is 10.9. The molecule has 0 aromatic heterocycles.